The molecule has 1 atom stereocenters. The Morgan fingerprint density at radius 3 is 2.37 bits per heavy atom. The van der Waals surface area contributed by atoms with Crippen molar-refractivity contribution in [3.63, 3.8) is 0 Å². The van der Waals surface area contributed by atoms with Crippen LogP contribution in [0.2, 0.25) is 0 Å². The number of nitrogens with one attached hydrogen (secondary N) is 1. The highest BCUT2D eigenvalue weighted by molar-refractivity contribution is 5.82. The minimum absolute atomic E-state index is 0.317. The number of carbonyl (C=O) groups is 1. The molecule has 4 heteroatoms. The normalized spacial score (nSPS) is 14.2. The number of hydrogen-bond acceptors (Lipinski definition) is 3. The van der Waals surface area contributed by atoms with Crippen LogP contribution in [0.4, 0.5) is 4.39 Å². The number of rotatable bonds is 6. The second-order valence-corrected chi connectivity index (χ2v) is 5.03. The average molecular weight is 267 g/mol. The van der Waals surface area contributed by atoms with Crippen LogP contribution < -0.4 is 5.32 Å². The van der Waals surface area contributed by atoms with Gasteiger partial charge in [0.25, 0.3) is 0 Å². The van der Waals surface area contributed by atoms with Gasteiger partial charge in [-0.3, -0.25) is 5.32 Å². The van der Waals surface area contributed by atoms with Crippen molar-refractivity contribution in [3.05, 3.63) is 35.6 Å². The zero-order valence-electron chi connectivity index (χ0n) is 12.0. The van der Waals surface area contributed by atoms with Crippen molar-refractivity contribution < 1.29 is 13.9 Å². The fourth-order valence-electron chi connectivity index (χ4n) is 2.05. The van der Waals surface area contributed by atoms with Gasteiger partial charge >= 0.3 is 5.97 Å². The SMILES string of the molecule is CCC(NCC(C)C)(C(=O)OC)c1ccc(F)cc1. The predicted molar refractivity (Wildman–Crippen MR) is 73.2 cm³/mol. The maximum absolute atomic E-state index is 13.0. The maximum Gasteiger partial charge on any atom is 0.330 e. The highest BCUT2D eigenvalue weighted by Crippen LogP contribution is 2.27. The van der Waals surface area contributed by atoms with Gasteiger partial charge in [-0.1, -0.05) is 32.9 Å². The molecule has 0 saturated carbocycles. The molecule has 0 radical (unpaired) electrons. The predicted octanol–water partition coefficient (Wildman–Crippen LogP) is 2.85. The van der Waals surface area contributed by atoms with Gasteiger partial charge in [-0.2, -0.15) is 0 Å². The molecule has 0 bridgehead atoms. The van der Waals surface area contributed by atoms with Crippen molar-refractivity contribution in [1.82, 2.24) is 5.32 Å². The third-order valence-electron chi connectivity index (χ3n) is 3.21. The second-order valence-electron chi connectivity index (χ2n) is 5.03. The Hall–Kier alpha value is -1.42. The quantitative estimate of drug-likeness (QED) is 0.805. The van der Waals surface area contributed by atoms with Crippen molar-refractivity contribution in [2.75, 3.05) is 13.7 Å². The van der Waals surface area contributed by atoms with E-state index in [-0.39, 0.29) is 11.8 Å². The summed E-state index contributed by atoms with van der Waals surface area (Å²) >= 11 is 0. The Morgan fingerprint density at radius 1 is 1.37 bits per heavy atom. The van der Waals surface area contributed by atoms with E-state index >= 15 is 0 Å². The molecule has 19 heavy (non-hydrogen) atoms. The summed E-state index contributed by atoms with van der Waals surface area (Å²) in [4.78, 5) is 12.2. The van der Waals surface area contributed by atoms with Gasteiger partial charge in [-0.15, -0.1) is 0 Å². The molecular formula is C15H22FNO2. The summed E-state index contributed by atoms with van der Waals surface area (Å²) in [7, 11) is 1.37. The molecule has 0 spiro atoms. The fraction of sp³-hybridized carbons (Fsp3) is 0.533. The van der Waals surface area contributed by atoms with E-state index < -0.39 is 5.54 Å². The minimum atomic E-state index is -0.910. The van der Waals surface area contributed by atoms with Crippen LogP contribution in [0.25, 0.3) is 0 Å². The zero-order chi connectivity index (χ0) is 14.5. The Bertz CT molecular complexity index is 417. The molecule has 0 aromatic heterocycles. The number of benzene rings is 1. The van der Waals surface area contributed by atoms with Gasteiger partial charge < -0.3 is 4.74 Å². The summed E-state index contributed by atoms with van der Waals surface area (Å²) < 4.78 is 18.0. The third-order valence-corrected chi connectivity index (χ3v) is 3.21. The number of carbonyl (C=O) groups excluding carboxylic acids is 1. The highest BCUT2D eigenvalue weighted by Gasteiger charge is 2.39. The minimum Gasteiger partial charge on any atom is -0.467 e. The van der Waals surface area contributed by atoms with Crippen LogP contribution in [0.15, 0.2) is 24.3 Å². The average Bonchev–Trinajstić information content (AvgIpc) is 2.41. The standard InChI is InChI=1S/C15H22FNO2/c1-5-15(14(18)19-4,17-10-11(2)3)12-6-8-13(16)9-7-12/h6-9,11,17H,5,10H2,1-4H3. The molecule has 0 aliphatic carbocycles. The van der Waals surface area contributed by atoms with Crippen LogP contribution >= 0.6 is 0 Å². The fourth-order valence-corrected chi connectivity index (χ4v) is 2.05. The van der Waals surface area contributed by atoms with Crippen LogP contribution in [-0.2, 0) is 15.1 Å². The summed E-state index contributed by atoms with van der Waals surface area (Å²) in [6.07, 6.45) is 0.540. The zero-order valence-corrected chi connectivity index (χ0v) is 12.0. The maximum atomic E-state index is 13.0. The van der Waals surface area contributed by atoms with E-state index in [1.54, 1.807) is 12.1 Å². The number of methoxy groups -OCH3 is 1. The Kier molecular flexibility index (Phi) is 5.48. The van der Waals surface area contributed by atoms with Gasteiger partial charge in [0.2, 0.25) is 0 Å². The molecule has 0 aliphatic heterocycles. The third kappa shape index (κ3) is 3.53. The lowest BCUT2D eigenvalue weighted by molar-refractivity contribution is -0.149. The molecule has 1 unspecified atom stereocenters. The molecular weight excluding hydrogens is 245 g/mol. The number of halogens is 1. The summed E-state index contributed by atoms with van der Waals surface area (Å²) in [5.41, 5.74) is -0.184. The second kappa shape index (κ2) is 6.66. The van der Waals surface area contributed by atoms with Crippen LogP contribution in [0, 0.1) is 11.7 Å². The molecule has 0 saturated heterocycles. The van der Waals surface area contributed by atoms with Gasteiger partial charge in [0.05, 0.1) is 7.11 Å². The first-order chi connectivity index (χ1) is 8.96. The molecule has 0 amide bonds. The summed E-state index contributed by atoms with van der Waals surface area (Å²) in [5.74, 6) is -0.263. The van der Waals surface area contributed by atoms with Gasteiger partial charge in [0.1, 0.15) is 11.4 Å². The van der Waals surface area contributed by atoms with Crippen LogP contribution in [0.5, 0.6) is 0 Å². The lowest BCUT2D eigenvalue weighted by Crippen LogP contribution is -2.50. The monoisotopic (exact) mass is 267 g/mol. The Morgan fingerprint density at radius 2 is 1.95 bits per heavy atom. The van der Waals surface area contributed by atoms with E-state index in [4.69, 9.17) is 4.74 Å². The Labute approximate surface area is 114 Å². The lowest BCUT2D eigenvalue weighted by atomic mass is 9.86. The van der Waals surface area contributed by atoms with Gasteiger partial charge in [-0.05, 0) is 36.6 Å². The van der Waals surface area contributed by atoms with Gasteiger partial charge in [0.15, 0.2) is 0 Å². The molecule has 1 N–H and O–H groups in total. The van der Waals surface area contributed by atoms with E-state index in [0.29, 0.717) is 18.9 Å². The van der Waals surface area contributed by atoms with E-state index in [1.807, 2.05) is 6.92 Å². The molecule has 0 fully saturated rings. The summed E-state index contributed by atoms with van der Waals surface area (Å²) in [5, 5.41) is 3.27. The van der Waals surface area contributed by atoms with E-state index in [2.05, 4.69) is 19.2 Å². The van der Waals surface area contributed by atoms with Crippen LogP contribution in [0.1, 0.15) is 32.8 Å². The lowest BCUT2D eigenvalue weighted by Gasteiger charge is -2.32. The Balaban J connectivity index is 3.15. The molecule has 3 nitrogen and oxygen atoms in total. The van der Waals surface area contributed by atoms with E-state index in [9.17, 15) is 9.18 Å². The van der Waals surface area contributed by atoms with Crippen molar-refractivity contribution in [3.8, 4) is 0 Å². The first-order valence-electron chi connectivity index (χ1n) is 6.55. The summed E-state index contributed by atoms with van der Waals surface area (Å²) in [6.45, 7) is 6.72. The van der Waals surface area contributed by atoms with Crippen molar-refractivity contribution in [1.29, 1.82) is 0 Å². The van der Waals surface area contributed by atoms with Crippen LogP contribution in [-0.4, -0.2) is 19.6 Å². The number of ether oxygens (including phenoxy) is 1. The van der Waals surface area contributed by atoms with E-state index in [1.165, 1.54) is 19.2 Å². The smallest absolute Gasteiger partial charge is 0.330 e. The van der Waals surface area contributed by atoms with Gasteiger partial charge in [-0.25, -0.2) is 9.18 Å². The van der Waals surface area contributed by atoms with Crippen molar-refractivity contribution in [2.24, 2.45) is 5.92 Å². The van der Waals surface area contributed by atoms with Crippen LogP contribution in [0.3, 0.4) is 0 Å². The number of hydrogen-bond donors (Lipinski definition) is 1. The molecule has 0 aliphatic rings. The first kappa shape index (κ1) is 15.6. The molecule has 1 rings (SSSR count). The van der Waals surface area contributed by atoms with Crippen molar-refractivity contribution >= 4 is 5.97 Å². The topological polar surface area (TPSA) is 38.3 Å². The summed E-state index contributed by atoms with van der Waals surface area (Å²) in [6, 6.07) is 5.98. The van der Waals surface area contributed by atoms with E-state index in [0.717, 1.165) is 5.56 Å². The number of esters is 1. The van der Waals surface area contributed by atoms with Crippen molar-refractivity contribution in [2.45, 2.75) is 32.7 Å². The highest BCUT2D eigenvalue weighted by atomic mass is 19.1. The van der Waals surface area contributed by atoms with Gasteiger partial charge in [0, 0.05) is 0 Å². The molecule has 106 valence electrons. The molecule has 0 heterocycles. The largest absolute Gasteiger partial charge is 0.467 e. The molecule has 1 aromatic rings. The molecule has 1 aromatic carbocycles. The first-order valence-corrected chi connectivity index (χ1v) is 6.55.